The number of carboxylic acid groups (broad SMARTS) is 1. The summed E-state index contributed by atoms with van der Waals surface area (Å²) < 4.78 is 0. The lowest BCUT2D eigenvalue weighted by molar-refractivity contribution is -0.141. The number of urea groups is 1. The second-order valence-corrected chi connectivity index (χ2v) is 4.77. The van der Waals surface area contributed by atoms with Crippen LogP contribution in [0, 0.1) is 5.92 Å². The molecular formula is C11H17N3O4. The number of amides is 3. The molecule has 1 aliphatic carbocycles. The molecule has 0 bridgehead atoms. The van der Waals surface area contributed by atoms with E-state index in [0.717, 1.165) is 12.8 Å². The van der Waals surface area contributed by atoms with Crippen molar-refractivity contribution in [2.45, 2.75) is 25.3 Å². The fraction of sp³-hybridized carbons (Fsp3) is 0.727. The van der Waals surface area contributed by atoms with Crippen LogP contribution in [0.5, 0.6) is 0 Å². The molecule has 1 aliphatic heterocycles. The molecule has 3 N–H and O–H groups in total. The van der Waals surface area contributed by atoms with Crippen molar-refractivity contribution in [2.75, 3.05) is 19.6 Å². The van der Waals surface area contributed by atoms with Crippen LogP contribution in [0.25, 0.3) is 0 Å². The van der Waals surface area contributed by atoms with Crippen molar-refractivity contribution >= 4 is 17.9 Å². The summed E-state index contributed by atoms with van der Waals surface area (Å²) in [6.07, 6.45) is 2.48. The highest BCUT2D eigenvalue weighted by Gasteiger charge is 2.31. The van der Waals surface area contributed by atoms with Crippen LogP contribution in [0.4, 0.5) is 4.79 Å². The van der Waals surface area contributed by atoms with E-state index in [1.54, 1.807) is 0 Å². The lowest BCUT2D eigenvalue weighted by Crippen LogP contribution is -2.44. The van der Waals surface area contributed by atoms with Gasteiger partial charge >= 0.3 is 12.0 Å². The first kappa shape index (κ1) is 12.7. The van der Waals surface area contributed by atoms with Crippen molar-refractivity contribution < 1.29 is 19.5 Å². The Morgan fingerprint density at radius 3 is 2.50 bits per heavy atom. The van der Waals surface area contributed by atoms with Gasteiger partial charge in [-0.3, -0.25) is 9.59 Å². The highest BCUT2D eigenvalue weighted by atomic mass is 16.4. The molecule has 0 aromatic rings. The van der Waals surface area contributed by atoms with Gasteiger partial charge in [-0.15, -0.1) is 0 Å². The predicted octanol–water partition coefficient (Wildman–Crippen LogP) is -0.619. The Bertz CT molecular complexity index is 367. The molecule has 3 amide bonds. The maximum Gasteiger partial charge on any atom is 0.317 e. The zero-order valence-electron chi connectivity index (χ0n) is 10.0. The van der Waals surface area contributed by atoms with Gasteiger partial charge in [0.25, 0.3) is 0 Å². The number of hydrogen-bond donors (Lipinski definition) is 3. The molecule has 2 fully saturated rings. The van der Waals surface area contributed by atoms with Crippen LogP contribution >= 0.6 is 0 Å². The van der Waals surface area contributed by atoms with Crippen molar-refractivity contribution in [3.05, 3.63) is 0 Å². The van der Waals surface area contributed by atoms with Crippen LogP contribution in [0.2, 0.25) is 0 Å². The highest BCUT2D eigenvalue weighted by molar-refractivity contribution is 5.84. The van der Waals surface area contributed by atoms with E-state index in [-0.39, 0.29) is 31.1 Å². The third-order valence-electron chi connectivity index (χ3n) is 3.17. The van der Waals surface area contributed by atoms with E-state index in [1.807, 2.05) is 0 Å². The molecule has 0 aromatic carbocycles. The maximum atomic E-state index is 11.7. The van der Waals surface area contributed by atoms with E-state index in [4.69, 9.17) is 5.11 Å². The molecule has 1 unspecified atom stereocenters. The van der Waals surface area contributed by atoms with Crippen LogP contribution in [0.15, 0.2) is 0 Å². The van der Waals surface area contributed by atoms with Crippen LogP contribution in [0.1, 0.15) is 19.3 Å². The van der Waals surface area contributed by atoms with Crippen LogP contribution in [-0.2, 0) is 9.59 Å². The van der Waals surface area contributed by atoms with Gasteiger partial charge in [-0.1, -0.05) is 0 Å². The molecule has 100 valence electrons. The Labute approximate surface area is 105 Å². The molecule has 0 aromatic heterocycles. The standard InChI is InChI=1S/C11H17N3O4/c15-9(13-8-1-2-8)5-12-11(18)14-4-3-7(6-14)10(16)17/h7-8H,1-6H2,(H,12,18)(H,13,15)(H,16,17). The van der Waals surface area contributed by atoms with Crippen LogP contribution in [0.3, 0.4) is 0 Å². The summed E-state index contributed by atoms with van der Waals surface area (Å²) in [5.74, 6) is -1.56. The molecule has 7 nitrogen and oxygen atoms in total. The molecule has 0 spiro atoms. The minimum Gasteiger partial charge on any atom is -0.481 e. The molecule has 0 radical (unpaired) electrons. The lowest BCUT2D eigenvalue weighted by atomic mass is 10.1. The van der Waals surface area contributed by atoms with Gasteiger partial charge in [0, 0.05) is 19.1 Å². The number of carbonyl (C=O) groups is 3. The Balaban J connectivity index is 1.68. The van der Waals surface area contributed by atoms with Gasteiger partial charge < -0.3 is 20.6 Å². The Morgan fingerprint density at radius 2 is 1.94 bits per heavy atom. The van der Waals surface area contributed by atoms with Gasteiger partial charge in [-0.25, -0.2) is 4.79 Å². The van der Waals surface area contributed by atoms with Gasteiger partial charge in [0.15, 0.2) is 0 Å². The van der Waals surface area contributed by atoms with Crippen molar-refractivity contribution in [3.8, 4) is 0 Å². The van der Waals surface area contributed by atoms with Gasteiger partial charge in [0.2, 0.25) is 5.91 Å². The number of nitrogens with zero attached hydrogens (tertiary/aromatic N) is 1. The second kappa shape index (κ2) is 5.24. The molecule has 18 heavy (non-hydrogen) atoms. The highest BCUT2D eigenvalue weighted by Crippen LogP contribution is 2.18. The number of hydrogen-bond acceptors (Lipinski definition) is 3. The average Bonchev–Trinajstić information content (AvgIpc) is 2.98. The first-order valence-corrected chi connectivity index (χ1v) is 6.11. The molecule has 1 saturated carbocycles. The number of rotatable bonds is 4. The van der Waals surface area contributed by atoms with Crippen molar-refractivity contribution in [1.82, 2.24) is 15.5 Å². The lowest BCUT2D eigenvalue weighted by Gasteiger charge is -2.16. The quantitative estimate of drug-likeness (QED) is 0.623. The molecule has 2 aliphatic rings. The predicted molar refractivity (Wildman–Crippen MR) is 61.9 cm³/mol. The summed E-state index contributed by atoms with van der Waals surface area (Å²) in [5, 5.41) is 14.1. The van der Waals surface area contributed by atoms with E-state index >= 15 is 0 Å². The smallest absolute Gasteiger partial charge is 0.317 e. The van der Waals surface area contributed by atoms with Gasteiger partial charge in [-0.05, 0) is 19.3 Å². The molecule has 1 atom stereocenters. The van der Waals surface area contributed by atoms with Crippen LogP contribution < -0.4 is 10.6 Å². The molecule has 2 rings (SSSR count). The van der Waals surface area contributed by atoms with Crippen molar-refractivity contribution in [1.29, 1.82) is 0 Å². The second-order valence-electron chi connectivity index (χ2n) is 4.77. The summed E-state index contributed by atoms with van der Waals surface area (Å²) >= 11 is 0. The zero-order chi connectivity index (χ0) is 13.1. The van der Waals surface area contributed by atoms with Gasteiger partial charge in [0.1, 0.15) is 0 Å². The average molecular weight is 255 g/mol. The van der Waals surface area contributed by atoms with E-state index in [9.17, 15) is 14.4 Å². The summed E-state index contributed by atoms with van der Waals surface area (Å²) in [6.45, 7) is 0.585. The Hall–Kier alpha value is -1.79. The summed E-state index contributed by atoms with van der Waals surface area (Å²) in [6, 6.07) is -0.0951. The molecule has 7 heteroatoms. The normalized spacial score (nSPS) is 22.7. The molecular weight excluding hydrogens is 238 g/mol. The maximum absolute atomic E-state index is 11.7. The zero-order valence-corrected chi connectivity index (χ0v) is 10.0. The van der Waals surface area contributed by atoms with E-state index < -0.39 is 11.9 Å². The third kappa shape index (κ3) is 3.35. The summed E-state index contributed by atoms with van der Waals surface area (Å²) in [7, 11) is 0. The van der Waals surface area contributed by atoms with E-state index in [0.29, 0.717) is 13.0 Å². The largest absolute Gasteiger partial charge is 0.481 e. The van der Waals surface area contributed by atoms with E-state index in [2.05, 4.69) is 10.6 Å². The first-order chi connectivity index (χ1) is 8.56. The minimum atomic E-state index is -0.878. The fourth-order valence-corrected chi connectivity index (χ4v) is 1.92. The number of carbonyl (C=O) groups excluding carboxylic acids is 2. The molecule has 1 saturated heterocycles. The monoisotopic (exact) mass is 255 g/mol. The summed E-state index contributed by atoms with van der Waals surface area (Å²) in [4.78, 5) is 35.2. The van der Waals surface area contributed by atoms with Crippen molar-refractivity contribution in [2.24, 2.45) is 5.92 Å². The Kier molecular flexibility index (Phi) is 3.69. The van der Waals surface area contributed by atoms with Crippen LogP contribution in [-0.4, -0.2) is 53.6 Å². The van der Waals surface area contributed by atoms with Crippen molar-refractivity contribution in [3.63, 3.8) is 0 Å². The fourth-order valence-electron chi connectivity index (χ4n) is 1.92. The topological polar surface area (TPSA) is 98.7 Å². The number of aliphatic carboxylic acids is 1. The summed E-state index contributed by atoms with van der Waals surface area (Å²) in [5.41, 5.74) is 0. The Morgan fingerprint density at radius 1 is 1.22 bits per heavy atom. The SMILES string of the molecule is O=C(CNC(=O)N1CCC(C(=O)O)C1)NC1CC1. The van der Waals surface area contributed by atoms with E-state index in [1.165, 1.54) is 4.90 Å². The number of nitrogens with one attached hydrogen (secondary N) is 2. The van der Waals surface area contributed by atoms with Gasteiger partial charge in [0.05, 0.1) is 12.5 Å². The number of likely N-dealkylation sites (tertiary alicyclic amines) is 1. The number of carboxylic acids is 1. The third-order valence-corrected chi connectivity index (χ3v) is 3.17. The minimum absolute atomic E-state index is 0.0520. The molecule has 1 heterocycles. The van der Waals surface area contributed by atoms with Gasteiger partial charge in [-0.2, -0.15) is 0 Å². The first-order valence-electron chi connectivity index (χ1n) is 6.11.